The first kappa shape index (κ1) is 20.9. The molecule has 142 valence electrons. The largest absolute Gasteiger partial charge is 0.389 e. The Bertz CT molecular complexity index is 656. The zero-order valence-electron chi connectivity index (χ0n) is 12.6. The molecule has 0 bridgehead atoms. The van der Waals surface area contributed by atoms with Crippen LogP contribution in [0, 0.1) is 0 Å². The van der Waals surface area contributed by atoms with Gasteiger partial charge in [0.25, 0.3) is 0 Å². The number of thioether (sulfide) groups is 2. The third-order valence-corrected chi connectivity index (χ3v) is 5.15. The van der Waals surface area contributed by atoms with Crippen molar-refractivity contribution >= 4 is 23.5 Å². The van der Waals surface area contributed by atoms with Gasteiger partial charge in [-0.1, -0.05) is 36.4 Å². The fourth-order valence-electron chi connectivity index (χ4n) is 1.77. The second-order valence-electron chi connectivity index (χ2n) is 5.01. The minimum atomic E-state index is -6.31. The molecule has 10 heteroatoms. The molecule has 0 amide bonds. The Hall–Kier alpha value is -1.42. The SMILES string of the molecule is FC(F)(Sc1ccccc1)C(F)(F)C(F)(F)C(F)(F)Sc1ccccc1. The quantitative estimate of drug-likeness (QED) is 0.350. The van der Waals surface area contributed by atoms with E-state index in [0.29, 0.717) is 0 Å². The minimum absolute atomic E-state index is 0.466. The van der Waals surface area contributed by atoms with Gasteiger partial charge in [-0.25, -0.2) is 0 Å². The highest BCUT2D eigenvalue weighted by molar-refractivity contribution is 8.00. The van der Waals surface area contributed by atoms with E-state index in [2.05, 4.69) is 0 Å². The smallest absolute Gasteiger partial charge is 0.191 e. The van der Waals surface area contributed by atoms with Crippen molar-refractivity contribution < 1.29 is 35.1 Å². The van der Waals surface area contributed by atoms with Crippen molar-refractivity contribution in [3.05, 3.63) is 60.7 Å². The van der Waals surface area contributed by atoms with Gasteiger partial charge in [0.15, 0.2) is 0 Å². The molecule has 0 nitrogen and oxygen atoms in total. The van der Waals surface area contributed by atoms with Crippen LogP contribution in [0.4, 0.5) is 35.1 Å². The molecule has 0 heterocycles. The summed E-state index contributed by atoms with van der Waals surface area (Å²) in [6.45, 7) is 0. The summed E-state index contributed by atoms with van der Waals surface area (Å²) in [6.07, 6.45) is 0. The molecule has 26 heavy (non-hydrogen) atoms. The lowest BCUT2D eigenvalue weighted by atomic mass is 10.2. The van der Waals surface area contributed by atoms with Crippen LogP contribution in [0.25, 0.3) is 0 Å². The van der Waals surface area contributed by atoms with E-state index in [0.717, 1.165) is 24.3 Å². The first-order chi connectivity index (χ1) is 11.9. The van der Waals surface area contributed by atoms with Gasteiger partial charge in [-0.15, -0.1) is 0 Å². The molecule has 0 radical (unpaired) electrons. The lowest BCUT2D eigenvalue weighted by Gasteiger charge is -2.35. The maximum absolute atomic E-state index is 13.8. The van der Waals surface area contributed by atoms with E-state index in [1.54, 1.807) is 0 Å². The predicted molar refractivity (Wildman–Crippen MR) is 84.4 cm³/mol. The minimum Gasteiger partial charge on any atom is -0.191 e. The van der Waals surface area contributed by atoms with Gasteiger partial charge in [0.2, 0.25) is 0 Å². The van der Waals surface area contributed by atoms with E-state index in [-0.39, 0.29) is 0 Å². The maximum Gasteiger partial charge on any atom is 0.389 e. The molecule has 0 aliphatic heterocycles. The Kier molecular flexibility index (Phi) is 5.86. The Balaban J connectivity index is 2.31. The van der Waals surface area contributed by atoms with Crippen LogP contribution in [-0.4, -0.2) is 22.4 Å². The number of rotatable bonds is 7. The number of hydrogen-bond acceptors (Lipinski definition) is 2. The lowest BCUT2D eigenvalue weighted by Crippen LogP contribution is -2.60. The normalized spacial score (nSPS) is 13.7. The second-order valence-corrected chi connectivity index (χ2v) is 7.39. The maximum atomic E-state index is 13.8. The highest BCUT2D eigenvalue weighted by Gasteiger charge is 2.81. The second kappa shape index (κ2) is 7.30. The first-order valence-electron chi connectivity index (χ1n) is 6.90. The molecule has 0 saturated carbocycles. The Morgan fingerprint density at radius 2 is 0.731 bits per heavy atom. The third-order valence-electron chi connectivity index (χ3n) is 3.10. The van der Waals surface area contributed by atoms with Gasteiger partial charge in [-0.05, 0) is 47.8 Å². The summed E-state index contributed by atoms with van der Waals surface area (Å²) in [5.41, 5.74) is 0. The summed E-state index contributed by atoms with van der Waals surface area (Å²) in [4.78, 5) is -0.931. The molecule has 2 rings (SSSR count). The van der Waals surface area contributed by atoms with Crippen LogP contribution in [0.2, 0.25) is 0 Å². The number of benzene rings is 2. The molecule has 0 fully saturated rings. The third kappa shape index (κ3) is 3.95. The van der Waals surface area contributed by atoms with Crippen molar-refractivity contribution in [3.8, 4) is 0 Å². The first-order valence-corrected chi connectivity index (χ1v) is 8.53. The molecule has 0 aliphatic rings. The molecule has 0 spiro atoms. The van der Waals surface area contributed by atoms with E-state index >= 15 is 0 Å². The number of hydrogen-bond donors (Lipinski definition) is 0. The van der Waals surface area contributed by atoms with Crippen LogP contribution in [0.15, 0.2) is 70.5 Å². The van der Waals surface area contributed by atoms with Gasteiger partial charge in [0, 0.05) is 9.79 Å². The van der Waals surface area contributed by atoms with Crippen molar-refractivity contribution in [1.82, 2.24) is 0 Å². The lowest BCUT2D eigenvalue weighted by molar-refractivity contribution is -0.322. The predicted octanol–water partition coefficient (Wildman–Crippen LogP) is 7.03. The molecule has 0 aromatic heterocycles. The summed E-state index contributed by atoms with van der Waals surface area (Å²) in [5, 5.41) is -10.9. The highest BCUT2D eigenvalue weighted by Crippen LogP contribution is 2.60. The topological polar surface area (TPSA) is 0 Å². The Morgan fingerprint density at radius 1 is 0.462 bits per heavy atom. The summed E-state index contributed by atoms with van der Waals surface area (Å²) >= 11 is -1.81. The van der Waals surface area contributed by atoms with Crippen LogP contribution in [-0.2, 0) is 0 Å². The molecular formula is C16H10F8S2. The van der Waals surface area contributed by atoms with E-state index in [4.69, 9.17) is 0 Å². The van der Waals surface area contributed by atoms with E-state index in [1.807, 2.05) is 0 Å². The van der Waals surface area contributed by atoms with Crippen molar-refractivity contribution in [1.29, 1.82) is 0 Å². The Labute approximate surface area is 152 Å². The van der Waals surface area contributed by atoms with Crippen LogP contribution in [0.1, 0.15) is 0 Å². The summed E-state index contributed by atoms with van der Waals surface area (Å²) in [6, 6.07) is 11.5. The van der Waals surface area contributed by atoms with Crippen molar-refractivity contribution in [2.45, 2.75) is 32.1 Å². The van der Waals surface area contributed by atoms with Crippen LogP contribution >= 0.6 is 23.5 Å². The fourth-order valence-corrected chi connectivity index (χ4v) is 3.46. The van der Waals surface area contributed by atoms with Gasteiger partial charge in [0.05, 0.1) is 0 Å². The fraction of sp³-hybridized carbons (Fsp3) is 0.250. The molecular weight excluding hydrogens is 408 g/mol. The van der Waals surface area contributed by atoms with Crippen LogP contribution in [0.3, 0.4) is 0 Å². The molecule has 2 aromatic rings. The van der Waals surface area contributed by atoms with E-state index < -0.39 is 55.7 Å². The monoisotopic (exact) mass is 418 g/mol. The van der Waals surface area contributed by atoms with Gasteiger partial charge >= 0.3 is 22.4 Å². The van der Waals surface area contributed by atoms with E-state index in [1.165, 1.54) is 36.4 Å². The van der Waals surface area contributed by atoms with Crippen molar-refractivity contribution in [2.24, 2.45) is 0 Å². The van der Waals surface area contributed by atoms with Gasteiger partial charge in [-0.3, -0.25) is 0 Å². The average Bonchev–Trinajstić information content (AvgIpc) is 2.55. The van der Waals surface area contributed by atoms with E-state index in [9.17, 15) is 35.1 Å². The van der Waals surface area contributed by atoms with Crippen LogP contribution < -0.4 is 0 Å². The standard InChI is InChI=1S/C16H10F8S2/c17-13(18,15(21,22)25-11-7-3-1-4-8-11)14(19,20)16(23,24)26-12-9-5-2-6-10-12/h1-10H. The zero-order valence-corrected chi connectivity index (χ0v) is 14.2. The Morgan fingerprint density at radius 3 is 1.00 bits per heavy atom. The summed E-state index contributed by atoms with van der Waals surface area (Å²) in [7, 11) is 0. The van der Waals surface area contributed by atoms with Gasteiger partial charge in [-0.2, -0.15) is 35.1 Å². The molecule has 0 unspecified atom stereocenters. The number of halogens is 8. The zero-order chi connectivity index (χ0) is 19.6. The van der Waals surface area contributed by atoms with Crippen molar-refractivity contribution in [3.63, 3.8) is 0 Å². The number of alkyl halides is 8. The molecule has 0 aliphatic carbocycles. The van der Waals surface area contributed by atoms with Gasteiger partial charge in [0.1, 0.15) is 0 Å². The summed E-state index contributed by atoms with van der Waals surface area (Å²) < 4.78 is 111. The highest BCUT2D eigenvalue weighted by atomic mass is 32.2. The summed E-state index contributed by atoms with van der Waals surface area (Å²) in [5.74, 6) is -12.6. The van der Waals surface area contributed by atoms with Gasteiger partial charge < -0.3 is 0 Å². The van der Waals surface area contributed by atoms with Crippen LogP contribution in [0.5, 0.6) is 0 Å². The molecule has 2 aromatic carbocycles. The van der Waals surface area contributed by atoms with Crippen molar-refractivity contribution in [2.75, 3.05) is 0 Å². The average molecular weight is 418 g/mol. The molecule has 0 saturated heterocycles. The molecule has 0 N–H and O–H groups in total. The molecule has 0 atom stereocenters.